The molecule has 2 saturated heterocycles. The van der Waals surface area contributed by atoms with Crippen molar-refractivity contribution < 1.29 is 9.47 Å². The molecule has 2 aromatic rings. The van der Waals surface area contributed by atoms with E-state index in [-0.39, 0.29) is 22.0 Å². The van der Waals surface area contributed by atoms with Gasteiger partial charge in [0.05, 0.1) is 12.2 Å². The minimum atomic E-state index is -0.0901. The SMILES string of the molecule is CN(CCOc1ccc(C(C)(C)C(C)(C)c2ccc(N3C[C@@H]4C[C@H]3CN4C(C)(C)C)cc2)cc1)CCOC(C)(C)C. The molecule has 4 rings (SSSR count). The lowest BCUT2D eigenvalue weighted by molar-refractivity contribution is -0.0114. The van der Waals surface area contributed by atoms with Crippen LogP contribution in [0, 0.1) is 0 Å². The van der Waals surface area contributed by atoms with Crippen LogP contribution in [-0.2, 0) is 15.6 Å². The van der Waals surface area contributed by atoms with Gasteiger partial charge in [0.25, 0.3) is 0 Å². The Morgan fingerprint density at radius 3 is 1.73 bits per heavy atom. The molecule has 0 radical (unpaired) electrons. The van der Waals surface area contributed by atoms with E-state index < -0.39 is 0 Å². The van der Waals surface area contributed by atoms with Crippen molar-refractivity contribution in [2.75, 3.05) is 51.3 Å². The quantitative estimate of drug-likeness (QED) is 0.290. The highest BCUT2D eigenvalue weighted by Gasteiger charge is 2.47. The molecule has 0 spiro atoms. The van der Waals surface area contributed by atoms with Crippen molar-refractivity contribution in [2.45, 2.75) is 110 Å². The molecular formula is C36H57N3O2. The number of anilines is 1. The van der Waals surface area contributed by atoms with Crippen LogP contribution in [0.4, 0.5) is 5.69 Å². The predicted molar refractivity (Wildman–Crippen MR) is 174 cm³/mol. The van der Waals surface area contributed by atoms with E-state index in [9.17, 15) is 0 Å². The lowest BCUT2D eigenvalue weighted by atomic mass is 9.61. The van der Waals surface area contributed by atoms with Crippen molar-refractivity contribution in [3.05, 3.63) is 59.7 Å². The molecule has 2 aromatic carbocycles. The largest absolute Gasteiger partial charge is 0.492 e. The Morgan fingerprint density at radius 2 is 1.24 bits per heavy atom. The summed E-state index contributed by atoms with van der Waals surface area (Å²) in [4.78, 5) is 7.60. The Bertz CT molecular complexity index is 1130. The lowest BCUT2D eigenvalue weighted by Gasteiger charge is -2.44. The van der Waals surface area contributed by atoms with Gasteiger partial charge in [-0.25, -0.2) is 0 Å². The smallest absolute Gasteiger partial charge is 0.119 e. The van der Waals surface area contributed by atoms with Gasteiger partial charge in [-0.15, -0.1) is 0 Å². The van der Waals surface area contributed by atoms with E-state index in [4.69, 9.17) is 9.47 Å². The second-order valence-corrected chi connectivity index (χ2v) is 15.5. The molecule has 0 amide bonds. The molecule has 2 aliphatic heterocycles. The third-order valence-electron chi connectivity index (χ3n) is 9.91. The number of likely N-dealkylation sites (N-methyl/N-ethyl adjacent to an activating group) is 1. The maximum atomic E-state index is 6.08. The highest BCUT2D eigenvalue weighted by Crippen LogP contribution is 2.45. The normalized spacial score (nSPS) is 20.3. The molecule has 0 aromatic heterocycles. The van der Waals surface area contributed by atoms with Crippen molar-refractivity contribution >= 4 is 5.69 Å². The molecule has 2 heterocycles. The van der Waals surface area contributed by atoms with Crippen molar-refractivity contribution in [3.63, 3.8) is 0 Å². The average molecular weight is 564 g/mol. The Kier molecular flexibility index (Phi) is 9.24. The highest BCUT2D eigenvalue weighted by atomic mass is 16.5. The van der Waals surface area contributed by atoms with E-state index in [1.165, 1.54) is 29.8 Å². The van der Waals surface area contributed by atoms with Gasteiger partial charge in [0, 0.05) is 49.5 Å². The summed E-state index contributed by atoms with van der Waals surface area (Å²) in [6.45, 7) is 28.3. The van der Waals surface area contributed by atoms with Crippen LogP contribution < -0.4 is 9.64 Å². The van der Waals surface area contributed by atoms with Crippen LogP contribution >= 0.6 is 0 Å². The lowest BCUT2D eigenvalue weighted by Crippen LogP contribution is -2.53. The van der Waals surface area contributed by atoms with Gasteiger partial charge < -0.3 is 19.3 Å². The summed E-state index contributed by atoms with van der Waals surface area (Å²) in [5.74, 6) is 0.927. The van der Waals surface area contributed by atoms with Gasteiger partial charge in [-0.05, 0) is 101 Å². The topological polar surface area (TPSA) is 28.2 Å². The van der Waals surface area contributed by atoms with E-state index in [0.717, 1.165) is 32.0 Å². The van der Waals surface area contributed by atoms with Crippen molar-refractivity contribution in [3.8, 4) is 5.75 Å². The zero-order valence-electron chi connectivity index (χ0n) is 27.9. The Morgan fingerprint density at radius 1 is 0.707 bits per heavy atom. The minimum Gasteiger partial charge on any atom is -0.492 e. The highest BCUT2D eigenvalue weighted by molar-refractivity contribution is 5.53. The molecule has 5 heteroatoms. The first kappa shape index (κ1) is 31.8. The van der Waals surface area contributed by atoms with Crippen LogP contribution in [0.1, 0.15) is 86.8 Å². The average Bonchev–Trinajstić information content (AvgIpc) is 3.50. The molecule has 228 valence electrons. The number of piperazine rings is 1. The zero-order chi connectivity index (χ0) is 30.2. The number of rotatable bonds is 11. The molecule has 2 aliphatic rings. The molecule has 0 saturated carbocycles. The van der Waals surface area contributed by atoms with E-state index in [1.807, 2.05) is 0 Å². The van der Waals surface area contributed by atoms with E-state index in [1.54, 1.807) is 0 Å². The Labute approximate surface area is 251 Å². The third-order valence-corrected chi connectivity index (χ3v) is 9.91. The van der Waals surface area contributed by atoms with E-state index in [2.05, 4.69) is 140 Å². The Hall–Kier alpha value is -2.08. The number of benzene rings is 2. The van der Waals surface area contributed by atoms with Gasteiger partial charge in [0.15, 0.2) is 0 Å². The summed E-state index contributed by atoms with van der Waals surface area (Å²) in [6.07, 6.45) is 1.29. The molecule has 0 N–H and O–H groups in total. The standard InChI is InChI=1S/C36H57N3O2/c1-33(2,3)39-26-30-24-31(39)25-38(30)29-16-12-27(13-17-29)35(7,8)36(9,10)28-14-18-32(19-15-28)40-22-20-37(11)21-23-41-34(4,5)6/h12-19,30-31H,20-26H2,1-11H3/t30-,31-/m0/s1. The molecule has 0 aliphatic carbocycles. The van der Waals surface area contributed by atoms with Crippen molar-refractivity contribution in [1.82, 2.24) is 9.80 Å². The minimum absolute atomic E-state index is 0.0429. The molecular weight excluding hydrogens is 506 g/mol. The van der Waals surface area contributed by atoms with Crippen LogP contribution in [0.3, 0.4) is 0 Å². The Balaban J connectivity index is 1.33. The van der Waals surface area contributed by atoms with Gasteiger partial charge in [-0.2, -0.15) is 0 Å². The summed E-state index contributed by atoms with van der Waals surface area (Å²) in [5.41, 5.74) is 4.15. The number of nitrogens with zero attached hydrogens (tertiary/aromatic N) is 3. The molecule has 2 fully saturated rings. The van der Waals surface area contributed by atoms with Gasteiger partial charge in [0.1, 0.15) is 12.4 Å². The van der Waals surface area contributed by atoms with Crippen LogP contribution in [0.5, 0.6) is 5.75 Å². The van der Waals surface area contributed by atoms with Gasteiger partial charge in [-0.3, -0.25) is 4.90 Å². The molecule has 2 bridgehead atoms. The number of ether oxygens (including phenoxy) is 2. The van der Waals surface area contributed by atoms with Crippen molar-refractivity contribution in [1.29, 1.82) is 0 Å². The summed E-state index contributed by atoms with van der Waals surface area (Å²) in [6, 6.07) is 19.5. The zero-order valence-corrected chi connectivity index (χ0v) is 27.9. The predicted octanol–water partition coefficient (Wildman–Crippen LogP) is 7.13. The third kappa shape index (κ3) is 7.29. The maximum Gasteiger partial charge on any atom is 0.119 e. The van der Waals surface area contributed by atoms with E-state index >= 15 is 0 Å². The van der Waals surface area contributed by atoms with Crippen LogP contribution in [-0.4, -0.2) is 79.5 Å². The van der Waals surface area contributed by atoms with E-state index in [0.29, 0.717) is 18.7 Å². The first-order valence-corrected chi connectivity index (χ1v) is 15.7. The van der Waals surface area contributed by atoms with Crippen LogP contribution in [0.25, 0.3) is 0 Å². The summed E-state index contributed by atoms with van der Waals surface area (Å²) in [7, 11) is 2.12. The summed E-state index contributed by atoms with van der Waals surface area (Å²) in [5, 5.41) is 0. The molecule has 5 nitrogen and oxygen atoms in total. The summed E-state index contributed by atoms with van der Waals surface area (Å²) < 4.78 is 11.9. The fourth-order valence-electron chi connectivity index (χ4n) is 6.50. The van der Waals surface area contributed by atoms with Crippen LogP contribution in [0.15, 0.2) is 48.5 Å². The summed E-state index contributed by atoms with van der Waals surface area (Å²) >= 11 is 0. The fourth-order valence-corrected chi connectivity index (χ4v) is 6.50. The first-order chi connectivity index (χ1) is 19.0. The molecule has 2 atom stereocenters. The number of hydrogen-bond acceptors (Lipinski definition) is 5. The maximum absolute atomic E-state index is 6.08. The molecule has 41 heavy (non-hydrogen) atoms. The first-order valence-electron chi connectivity index (χ1n) is 15.7. The van der Waals surface area contributed by atoms with Gasteiger partial charge in [0.2, 0.25) is 0 Å². The number of fused-ring (bicyclic) bond motifs is 2. The fraction of sp³-hybridized carbons (Fsp3) is 0.667. The van der Waals surface area contributed by atoms with Crippen LogP contribution in [0.2, 0.25) is 0 Å². The monoisotopic (exact) mass is 563 g/mol. The van der Waals surface area contributed by atoms with Crippen molar-refractivity contribution in [2.24, 2.45) is 0 Å². The van der Waals surface area contributed by atoms with Gasteiger partial charge in [-0.1, -0.05) is 52.0 Å². The number of hydrogen-bond donors (Lipinski definition) is 0. The molecule has 0 unspecified atom stereocenters. The van der Waals surface area contributed by atoms with Gasteiger partial charge >= 0.3 is 0 Å². The number of likely N-dealkylation sites (tertiary alicyclic amines) is 1. The second kappa shape index (κ2) is 11.9. The second-order valence-electron chi connectivity index (χ2n) is 15.5.